The Morgan fingerprint density at radius 1 is 1.17 bits per heavy atom. The molecule has 0 fully saturated rings. The highest BCUT2D eigenvalue weighted by atomic mass is 16.1. The van der Waals surface area contributed by atoms with Crippen molar-refractivity contribution in [3.8, 4) is 0 Å². The molecule has 1 amide bonds. The Morgan fingerprint density at radius 2 is 1.83 bits per heavy atom. The fourth-order valence-electron chi connectivity index (χ4n) is 2.93. The number of para-hydroxylation sites is 2. The quantitative estimate of drug-likeness (QED) is 0.758. The molecular weight excluding hydrogens is 300 g/mol. The Balaban J connectivity index is 1.68. The Hall–Kier alpha value is -2.66. The summed E-state index contributed by atoms with van der Waals surface area (Å²) in [6.45, 7) is 1.94. The van der Waals surface area contributed by atoms with Gasteiger partial charge in [-0.05, 0) is 24.6 Å². The van der Waals surface area contributed by atoms with Crippen LogP contribution in [0.2, 0.25) is 0 Å². The number of amides is 1. The maximum Gasteiger partial charge on any atom is 0.222 e. The first-order valence-corrected chi connectivity index (χ1v) is 8.07. The Labute approximate surface area is 141 Å². The number of aryl methyl sites for hydroxylation is 1. The third-order valence-corrected chi connectivity index (χ3v) is 4.22. The minimum Gasteiger partial charge on any atom is -0.346 e. The van der Waals surface area contributed by atoms with Crippen molar-refractivity contribution in [3.63, 3.8) is 0 Å². The van der Waals surface area contributed by atoms with Crippen LogP contribution in [0, 0.1) is 0 Å². The van der Waals surface area contributed by atoms with Crippen LogP contribution in [0.25, 0.3) is 11.0 Å². The molecule has 0 aliphatic heterocycles. The number of nitrogens with one attached hydrogen (secondary N) is 1. The molecule has 2 aromatic carbocycles. The highest BCUT2D eigenvalue weighted by Crippen LogP contribution is 2.20. The molecule has 0 radical (unpaired) electrons. The van der Waals surface area contributed by atoms with E-state index in [0.29, 0.717) is 0 Å². The minimum absolute atomic E-state index is 0.0779. The fraction of sp³-hybridized carbons (Fsp3) is 0.263. The number of hydrogen-bond donors (Lipinski definition) is 2. The maximum absolute atomic E-state index is 12.3. The molecule has 0 bridgehead atoms. The van der Waals surface area contributed by atoms with E-state index >= 15 is 0 Å². The first kappa shape index (κ1) is 16.2. The zero-order chi connectivity index (χ0) is 17.1. The Kier molecular flexibility index (Phi) is 4.62. The van der Waals surface area contributed by atoms with Gasteiger partial charge in [-0.25, -0.2) is 4.98 Å². The molecule has 1 heterocycles. The molecule has 0 saturated heterocycles. The summed E-state index contributed by atoms with van der Waals surface area (Å²) in [7, 11) is 1.96. The fourth-order valence-corrected chi connectivity index (χ4v) is 2.93. The van der Waals surface area contributed by atoms with Gasteiger partial charge in [0.15, 0.2) is 0 Å². The van der Waals surface area contributed by atoms with Gasteiger partial charge >= 0.3 is 0 Å². The molecule has 0 aliphatic rings. The maximum atomic E-state index is 12.3. The molecule has 5 heteroatoms. The third-order valence-electron chi connectivity index (χ3n) is 4.22. The molecule has 3 aromatic rings. The third kappa shape index (κ3) is 3.31. The highest BCUT2D eigenvalue weighted by Gasteiger charge is 2.18. The number of rotatable bonds is 5. The summed E-state index contributed by atoms with van der Waals surface area (Å²) in [5.41, 5.74) is 9.06. The number of hydrogen-bond acceptors (Lipinski definition) is 3. The Bertz CT molecular complexity index is 841. The predicted octanol–water partition coefficient (Wildman–Crippen LogP) is 2.84. The molecule has 24 heavy (non-hydrogen) atoms. The van der Waals surface area contributed by atoms with Crippen molar-refractivity contribution in [3.05, 3.63) is 66.0 Å². The second-order valence-corrected chi connectivity index (χ2v) is 6.03. The summed E-state index contributed by atoms with van der Waals surface area (Å²) < 4.78 is 2.01. The normalized spacial score (nSPS) is 13.6. The first-order chi connectivity index (χ1) is 11.6. The summed E-state index contributed by atoms with van der Waals surface area (Å²) >= 11 is 0. The van der Waals surface area contributed by atoms with Crippen LogP contribution in [0.1, 0.15) is 36.8 Å². The van der Waals surface area contributed by atoms with Crippen LogP contribution in [0.5, 0.6) is 0 Å². The number of imidazole rings is 1. The summed E-state index contributed by atoms with van der Waals surface area (Å²) in [5, 5.41) is 3.00. The van der Waals surface area contributed by atoms with Gasteiger partial charge in [0, 0.05) is 19.5 Å². The molecular formula is C19H22N4O. The van der Waals surface area contributed by atoms with Crippen molar-refractivity contribution >= 4 is 16.9 Å². The van der Waals surface area contributed by atoms with E-state index < -0.39 is 0 Å². The lowest BCUT2D eigenvalue weighted by Crippen LogP contribution is -2.31. The lowest BCUT2D eigenvalue weighted by atomic mass is 10.0. The van der Waals surface area contributed by atoms with E-state index in [1.165, 1.54) is 0 Å². The van der Waals surface area contributed by atoms with E-state index in [4.69, 9.17) is 5.73 Å². The average molecular weight is 322 g/mol. The van der Waals surface area contributed by atoms with Crippen molar-refractivity contribution in [2.75, 3.05) is 0 Å². The molecule has 2 atom stereocenters. The second kappa shape index (κ2) is 6.84. The van der Waals surface area contributed by atoms with Crippen LogP contribution in [-0.4, -0.2) is 15.5 Å². The SMILES string of the molecule is CC(NC(=O)CC(N)c1ccccc1)c1nc2ccccc2n1C. The van der Waals surface area contributed by atoms with E-state index in [9.17, 15) is 4.79 Å². The smallest absolute Gasteiger partial charge is 0.222 e. The molecule has 1 aromatic heterocycles. The number of aromatic nitrogens is 2. The van der Waals surface area contributed by atoms with Gasteiger partial charge < -0.3 is 15.6 Å². The molecule has 0 spiro atoms. The lowest BCUT2D eigenvalue weighted by molar-refractivity contribution is -0.122. The van der Waals surface area contributed by atoms with Gasteiger partial charge in [-0.2, -0.15) is 0 Å². The van der Waals surface area contributed by atoms with E-state index in [1.54, 1.807) is 0 Å². The van der Waals surface area contributed by atoms with Crippen LogP contribution in [0.15, 0.2) is 54.6 Å². The topological polar surface area (TPSA) is 72.9 Å². The largest absolute Gasteiger partial charge is 0.346 e. The van der Waals surface area contributed by atoms with Gasteiger partial charge in [-0.1, -0.05) is 42.5 Å². The first-order valence-electron chi connectivity index (χ1n) is 8.07. The number of benzene rings is 2. The second-order valence-electron chi connectivity index (χ2n) is 6.03. The van der Waals surface area contributed by atoms with Crippen LogP contribution in [-0.2, 0) is 11.8 Å². The monoisotopic (exact) mass is 322 g/mol. The highest BCUT2D eigenvalue weighted by molar-refractivity contribution is 5.78. The zero-order valence-electron chi connectivity index (χ0n) is 13.9. The van der Waals surface area contributed by atoms with E-state index in [2.05, 4.69) is 10.3 Å². The van der Waals surface area contributed by atoms with E-state index in [-0.39, 0.29) is 24.4 Å². The van der Waals surface area contributed by atoms with Gasteiger partial charge in [0.2, 0.25) is 5.91 Å². The number of nitrogens with zero attached hydrogens (tertiary/aromatic N) is 2. The van der Waals surface area contributed by atoms with Crippen molar-refractivity contribution in [2.45, 2.75) is 25.4 Å². The molecule has 5 nitrogen and oxygen atoms in total. The zero-order valence-corrected chi connectivity index (χ0v) is 13.9. The summed E-state index contributed by atoms with van der Waals surface area (Å²) in [4.78, 5) is 16.9. The van der Waals surface area contributed by atoms with Crippen LogP contribution >= 0.6 is 0 Å². The molecule has 3 rings (SSSR count). The lowest BCUT2D eigenvalue weighted by Gasteiger charge is -2.16. The van der Waals surface area contributed by atoms with Gasteiger partial charge in [-0.15, -0.1) is 0 Å². The van der Waals surface area contributed by atoms with Gasteiger partial charge in [0.25, 0.3) is 0 Å². The molecule has 3 N–H and O–H groups in total. The number of nitrogens with two attached hydrogens (primary N) is 1. The molecule has 2 unspecified atom stereocenters. The predicted molar refractivity (Wildman–Crippen MR) is 95.3 cm³/mol. The molecule has 0 aliphatic carbocycles. The van der Waals surface area contributed by atoms with Crippen molar-refractivity contribution in [1.82, 2.24) is 14.9 Å². The standard InChI is InChI=1S/C19H22N4O/c1-13(19-22-16-10-6-7-11-17(16)23(19)2)21-18(24)12-15(20)14-8-4-3-5-9-14/h3-11,13,15H,12,20H2,1-2H3,(H,21,24). The van der Waals surface area contributed by atoms with Crippen molar-refractivity contribution in [1.29, 1.82) is 0 Å². The summed E-state index contributed by atoms with van der Waals surface area (Å²) in [6.07, 6.45) is 0.248. The van der Waals surface area contributed by atoms with Crippen LogP contribution in [0.4, 0.5) is 0 Å². The summed E-state index contributed by atoms with van der Waals surface area (Å²) in [6, 6.07) is 17.1. The van der Waals surface area contributed by atoms with Gasteiger partial charge in [0.1, 0.15) is 5.82 Å². The van der Waals surface area contributed by atoms with E-state index in [1.807, 2.05) is 73.1 Å². The van der Waals surface area contributed by atoms with Crippen molar-refractivity contribution in [2.24, 2.45) is 12.8 Å². The van der Waals surface area contributed by atoms with Gasteiger partial charge in [-0.3, -0.25) is 4.79 Å². The number of carbonyl (C=O) groups excluding carboxylic acids is 1. The van der Waals surface area contributed by atoms with Crippen LogP contribution < -0.4 is 11.1 Å². The van der Waals surface area contributed by atoms with Crippen LogP contribution in [0.3, 0.4) is 0 Å². The van der Waals surface area contributed by atoms with E-state index in [0.717, 1.165) is 22.4 Å². The van der Waals surface area contributed by atoms with Gasteiger partial charge in [0.05, 0.1) is 17.1 Å². The Morgan fingerprint density at radius 3 is 2.54 bits per heavy atom. The summed E-state index contributed by atoms with van der Waals surface area (Å²) in [5.74, 6) is 0.753. The molecule has 124 valence electrons. The molecule has 0 saturated carbocycles. The minimum atomic E-state index is -0.307. The van der Waals surface area contributed by atoms with Crippen molar-refractivity contribution < 1.29 is 4.79 Å². The number of fused-ring (bicyclic) bond motifs is 1. The average Bonchev–Trinajstić information content (AvgIpc) is 2.93. The number of carbonyl (C=O) groups is 1.